The number of carbonyl (C=O) groups excluding carboxylic acids is 1. The van der Waals surface area contributed by atoms with E-state index in [9.17, 15) is 4.79 Å². The standard InChI is InChI=1S/C21H25N5O2/c1-4-6-16(5-2)24-21(27)26-19-8-7-17-18(25-19)11-15(13-23-17)14-9-10-22-20(12-14)28-3/h7-13,16H,4-6H2,1-3H3,(H2,24,25,26,27). The van der Waals surface area contributed by atoms with Crippen molar-refractivity contribution < 1.29 is 9.53 Å². The van der Waals surface area contributed by atoms with Crippen molar-refractivity contribution in [1.29, 1.82) is 0 Å². The summed E-state index contributed by atoms with van der Waals surface area (Å²) in [6, 6.07) is 9.20. The molecule has 0 radical (unpaired) electrons. The Morgan fingerprint density at radius 2 is 1.96 bits per heavy atom. The molecular weight excluding hydrogens is 354 g/mol. The highest BCUT2D eigenvalue weighted by Crippen LogP contribution is 2.24. The van der Waals surface area contributed by atoms with Crippen LogP contribution >= 0.6 is 0 Å². The van der Waals surface area contributed by atoms with Crippen LogP contribution in [0.1, 0.15) is 33.1 Å². The third-order valence-electron chi connectivity index (χ3n) is 4.52. The van der Waals surface area contributed by atoms with Crippen molar-refractivity contribution in [3.05, 3.63) is 42.7 Å². The molecule has 3 aromatic rings. The second-order valence-electron chi connectivity index (χ2n) is 6.54. The fraction of sp³-hybridized carbons (Fsp3) is 0.333. The molecule has 2 N–H and O–H groups in total. The number of pyridine rings is 3. The molecule has 146 valence electrons. The van der Waals surface area contributed by atoms with E-state index in [-0.39, 0.29) is 12.1 Å². The molecule has 0 bridgehead atoms. The molecule has 0 saturated carbocycles. The first-order chi connectivity index (χ1) is 13.6. The minimum absolute atomic E-state index is 0.167. The predicted molar refractivity (Wildman–Crippen MR) is 110 cm³/mol. The van der Waals surface area contributed by atoms with E-state index in [2.05, 4.69) is 39.4 Å². The Balaban J connectivity index is 1.81. The molecule has 7 nitrogen and oxygen atoms in total. The van der Waals surface area contributed by atoms with Crippen LogP contribution in [0, 0.1) is 0 Å². The van der Waals surface area contributed by atoms with Crippen LogP contribution in [-0.2, 0) is 0 Å². The summed E-state index contributed by atoms with van der Waals surface area (Å²) >= 11 is 0. The largest absolute Gasteiger partial charge is 0.481 e. The van der Waals surface area contributed by atoms with Crippen LogP contribution in [0.3, 0.4) is 0 Å². The van der Waals surface area contributed by atoms with Gasteiger partial charge in [0.2, 0.25) is 5.88 Å². The van der Waals surface area contributed by atoms with Gasteiger partial charge in [-0.2, -0.15) is 0 Å². The molecule has 0 aliphatic carbocycles. The molecular formula is C21H25N5O2. The van der Waals surface area contributed by atoms with Crippen LogP contribution in [0.2, 0.25) is 0 Å². The van der Waals surface area contributed by atoms with E-state index in [0.29, 0.717) is 17.2 Å². The number of aromatic nitrogens is 3. The van der Waals surface area contributed by atoms with Crippen molar-refractivity contribution in [2.45, 2.75) is 39.2 Å². The number of amides is 2. The SMILES string of the molecule is CCCC(CC)NC(=O)Nc1ccc2ncc(-c3ccnc(OC)c3)cc2n1. The van der Waals surface area contributed by atoms with Gasteiger partial charge in [0.15, 0.2) is 0 Å². The Morgan fingerprint density at radius 1 is 1.11 bits per heavy atom. The number of nitrogens with one attached hydrogen (secondary N) is 2. The van der Waals surface area contributed by atoms with Crippen molar-refractivity contribution in [2.24, 2.45) is 0 Å². The number of hydrogen-bond acceptors (Lipinski definition) is 5. The zero-order valence-corrected chi connectivity index (χ0v) is 16.4. The van der Waals surface area contributed by atoms with Gasteiger partial charge in [0.1, 0.15) is 5.82 Å². The van der Waals surface area contributed by atoms with Crippen LogP contribution in [0.25, 0.3) is 22.2 Å². The lowest BCUT2D eigenvalue weighted by Crippen LogP contribution is -2.37. The Hall–Kier alpha value is -3.22. The van der Waals surface area contributed by atoms with E-state index >= 15 is 0 Å². The van der Waals surface area contributed by atoms with Gasteiger partial charge in [0.05, 0.1) is 18.1 Å². The average molecular weight is 379 g/mol. The molecule has 2 amide bonds. The van der Waals surface area contributed by atoms with Gasteiger partial charge in [0, 0.05) is 30.1 Å². The fourth-order valence-electron chi connectivity index (χ4n) is 3.00. The van der Waals surface area contributed by atoms with Crippen molar-refractivity contribution in [2.75, 3.05) is 12.4 Å². The number of nitrogens with zero attached hydrogens (tertiary/aromatic N) is 3. The van der Waals surface area contributed by atoms with Gasteiger partial charge >= 0.3 is 6.03 Å². The van der Waals surface area contributed by atoms with Crippen LogP contribution in [-0.4, -0.2) is 34.1 Å². The molecule has 7 heteroatoms. The van der Waals surface area contributed by atoms with Gasteiger partial charge in [0.25, 0.3) is 0 Å². The molecule has 0 aliphatic rings. The number of methoxy groups -OCH3 is 1. The van der Waals surface area contributed by atoms with Crippen LogP contribution in [0.5, 0.6) is 5.88 Å². The highest BCUT2D eigenvalue weighted by atomic mass is 16.5. The molecule has 0 aromatic carbocycles. The first-order valence-corrected chi connectivity index (χ1v) is 9.47. The fourth-order valence-corrected chi connectivity index (χ4v) is 3.00. The quantitative estimate of drug-likeness (QED) is 0.635. The third-order valence-corrected chi connectivity index (χ3v) is 4.52. The molecule has 3 rings (SSSR count). The maximum absolute atomic E-state index is 12.3. The maximum Gasteiger partial charge on any atom is 0.320 e. The van der Waals surface area contributed by atoms with Crippen molar-refractivity contribution >= 4 is 22.9 Å². The van der Waals surface area contributed by atoms with E-state index in [0.717, 1.165) is 35.9 Å². The van der Waals surface area contributed by atoms with Crippen LogP contribution in [0.15, 0.2) is 42.7 Å². The monoisotopic (exact) mass is 379 g/mol. The molecule has 1 atom stereocenters. The topological polar surface area (TPSA) is 89.0 Å². The van der Waals surface area contributed by atoms with Gasteiger partial charge in [-0.1, -0.05) is 20.3 Å². The molecule has 3 heterocycles. The number of urea groups is 1. The van der Waals surface area contributed by atoms with E-state index in [4.69, 9.17) is 4.74 Å². The molecule has 28 heavy (non-hydrogen) atoms. The van der Waals surface area contributed by atoms with Crippen molar-refractivity contribution in [3.8, 4) is 17.0 Å². The molecule has 0 saturated heterocycles. The number of fused-ring (bicyclic) bond motifs is 1. The summed E-state index contributed by atoms with van der Waals surface area (Å²) in [5, 5.41) is 5.80. The highest BCUT2D eigenvalue weighted by molar-refractivity contribution is 5.90. The molecule has 3 aromatic heterocycles. The van der Waals surface area contributed by atoms with E-state index in [1.807, 2.05) is 24.3 Å². The molecule has 0 spiro atoms. The number of rotatable bonds is 7. The van der Waals surface area contributed by atoms with Crippen molar-refractivity contribution in [3.63, 3.8) is 0 Å². The lowest BCUT2D eigenvalue weighted by atomic mass is 10.1. The lowest BCUT2D eigenvalue weighted by Gasteiger charge is -2.16. The second kappa shape index (κ2) is 9.12. The Kier molecular flexibility index (Phi) is 6.37. The first-order valence-electron chi connectivity index (χ1n) is 9.47. The maximum atomic E-state index is 12.3. The first kappa shape index (κ1) is 19.5. The summed E-state index contributed by atoms with van der Waals surface area (Å²) in [6.45, 7) is 4.17. The minimum Gasteiger partial charge on any atom is -0.481 e. The highest BCUT2D eigenvalue weighted by Gasteiger charge is 2.11. The Morgan fingerprint density at radius 3 is 2.71 bits per heavy atom. The summed E-state index contributed by atoms with van der Waals surface area (Å²) in [4.78, 5) is 25.4. The van der Waals surface area contributed by atoms with Gasteiger partial charge in [-0.05, 0) is 42.7 Å². The third kappa shape index (κ3) is 4.73. The summed E-state index contributed by atoms with van der Waals surface area (Å²) in [7, 11) is 1.58. The predicted octanol–water partition coefficient (Wildman–Crippen LogP) is 4.40. The van der Waals surface area contributed by atoms with Gasteiger partial charge < -0.3 is 10.1 Å². The number of anilines is 1. The number of ether oxygens (including phenoxy) is 1. The van der Waals surface area contributed by atoms with E-state index in [1.165, 1.54) is 0 Å². The summed E-state index contributed by atoms with van der Waals surface area (Å²) in [6.07, 6.45) is 6.36. The molecule has 1 unspecified atom stereocenters. The van der Waals surface area contributed by atoms with Crippen LogP contribution < -0.4 is 15.4 Å². The Bertz CT molecular complexity index is 960. The summed E-state index contributed by atoms with van der Waals surface area (Å²) < 4.78 is 5.18. The zero-order chi connectivity index (χ0) is 19.9. The summed E-state index contributed by atoms with van der Waals surface area (Å²) in [5.74, 6) is 1.03. The lowest BCUT2D eigenvalue weighted by molar-refractivity contribution is 0.247. The smallest absolute Gasteiger partial charge is 0.320 e. The normalized spacial score (nSPS) is 11.8. The zero-order valence-electron chi connectivity index (χ0n) is 16.4. The van der Waals surface area contributed by atoms with E-state index in [1.54, 1.807) is 25.6 Å². The van der Waals surface area contributed by atoms with Gasteiger partial charge in [-0.25, -0.2) is 14.8 Å². The van der Waals surface area contributed by atoms with Crippen molar-refractivity contribution in [1.82, 2.24) is 20.3 Å². The summed E-state index contributed by atoms with van der Waals surface area (Å²) in [5.41, 5.74) is 3.29. The minimum atomic E-state index is -0.241. The van der Waals surface area contributed by atoms with Crippen LogP contribution in [0.4, 0.5) is 10.6 Å². The number of hydrogen-bond donors (Lipinski definition) is 2. The molecule has 0 aliphatic heterocycles. The second-order valence-corrected chi connectivity index (χ2v) is 6.54. The number of carbonyl (C=O) groups is 1. The van der Waals surface area contributed by atoms with Gasteiger partial charge in [-0.15, -0.1) is 0 Å². The Labute approximate surface area is 164 Å². The molecule has 0 fully saturated rings. The van der Waals surface area contributed by atoms with E-state index < -0.39 is 0 Å². The van der Waals surface area contributed by atoms with Gasteiger partial charge in [-0.3, -0.25) is 10.3 Å². The average Bonchev–Trinajstić information content (AvgIpc) is 2.72.